The van der Waals surface area contributed by atoms with Crippen molar-refractivity contribution in [2.45, 2.75) is 86.4 Å². The Morgan fingerprint density at radius 2 is 1.96 bits per heavy atom. The van der Waals surface area contributed by atoms with Crippen molar-refractivity contribution in [3.63, 3.8) is 0 Å². The zero-order valence-electron chi connectivity index (χ0n) is 18.4. The molecule has 0 heterocycles. The number of ketones is 1. The average molecular weight is 393 g/mol. The highest BCUT2D eigenvalue weighted by molar-refractivity contribution is 8.02. The molecule has 0 radical (unpaired) electrons. The monoisotopic (exact) mass is 392 g/mol. The van der Waals surface area contributed by atoms with Gasteiger partial charge in [0.15, 0.2) is 5.78 Å². The Hall–Kier alpha value is -0.283. The highest BCUT2D eigenvalue weighted by Crippen LogP contribution is 2.66. The number of hydrogen-bond donors (Lipinski definition) is 0. The molecule has 0 spiro atoms. The number of fused-ring (bicyclic) bond motifs is 1. The first-order valence-electron chi connectivity index (χ1n) is 10.5. The van der Waals surface area contributed by atoms with Crippen LogP contribution in [0.5, 0.6) is 0 Å². The molecule has 0 bridgehead atoms. The average Bonchev–Trinajstić information content (AvgIpc) is 2.91. The third-order valence-electron chi connectivity index (χ3n) is 7.05. The molecule has 2 saturated carbocycles. The Morgan fingerprint density at radius 3 is 2.50 bits per heavy atom. The molecule has 0 aromatic heterocycles. The van der Waals surface area contributed by atoms with Crippen molar-refractivity contribution < 1.29 is 4.79 Å². The molecule has 0 aromatic rings. The second-order valence-electron chi connectivity index (χ2n) is 10.3. The SMILES string of the molecule is C/C=C(\C[C@]12C(=O)/C(=C/SCCCC)C[C@H]1C(C)(C)C[C@H]2C)[Si](C)(C)C. The van der Waals surface area contributed by atoms with Crippen LogP contribution >= 0.6 is 11.8 Å². The van der Waals surface area contributed by atoms with E-state index in [0.29, 0.717) is 17.6 Å². The predicted molar refractivity (Wildman–Crippen MR) is 120 cm³/mol. The summed E-state index contributed by atoms with van der Waals surface area (Å²) >= 11 is 1.86. The molecular weight excluding hydrogens is 352 g/mol. The maximum atomic E-state index is 13.8. The van der Waals surface area contributed by atoms with Crippen LogP contribution in [0.1, 0.15) is 66.7 Å². The lowest BCUT2D eigenvalue weighted by molar-refractivity contribution is -0.126. The molecule has 2 aliphatic carbocycles. The third kappa shape index (κ3) is 3.94. The van der Waals surface area contributed by atoms with Gasteiger partial charge in [0.2, 0.25) is 0 Å². The minimum atomic E-state index is -1.40. The van der Waals surface area contributed by atoms with Crippen LogP contribution in [0, 0.1) is 22.7 Å². The Labute approximate surface area is 167 Å². The first kappa shape index (κ1) is 22.0. The number of rotatable bonds is 7. The van der Waals surface area contributed by atoms with Crippen LogP contribution < -0.4 is 0 Å². The molecule has 0 saturated heterocycles. The summed E-state index contributed by atoms with van der Waals surface area (Å²) in [5.74, 6) is 2.61. The summed E-state index contributed by atoms with van der Waals surface area (Å²) in [6.45, 7) is 18.8. The lowest BCUT2D eigenvalue weighted by atomic mass is 9.68. The maximum Gasteiger partial charge on any atom is 0.166 e. The van der Waals surface area contributed by atoms with Gasteiger partial charge in [-0.1, -0.05) is 65.0 Å². The molecule has 2 aliphatic rings. The van der Waals surface area contributed by atoms with E-state index in [4.69, 9.17) is 0 Å². The Kier molecular flexibility index (Phi) is 6.76. The second kappa shape index (κ2) is 7.99. The second-order valence-corrected chi connectivity index (χ2v) is 16.4. The van der Waals surface area contributed by atoms with E-state index in [1.165, 1.54) is 19.3 Å². The summed E-state index contributed by atoms with van der Waals surface area (Å²) in [5.41, 5.74) is 1.24. The van der Waals surface area contributed by atoms with Gasteiger partial charge in [-0.3, -0.25) is 4.79 Å². The van der Waals surface area contributed by atoms with Gasteiger partial charge in [0, 0.05) is 11.0 Å². The van der Waals surface area contributed by atoms with Gasteiger partial charge in [0.25, 0.3) is 0 Å². The molecule has 0 unspecified atom stereocenters. The molecule has 0 N–H and O–H groups in total. The number of carbonyl (C=O) groups excluding carboxylic acids is 1. The Balaban J connectivity index is 2.39. The van der Waals surface area contributed by atoms with E-state index < -0.39 is 8.07 Å². The third-order valence-corrected chi connectivity index (χ3v) is 10.4. The number of hydrogen-bond acceptors (Lipinski definition) is 2. The molecule has 2 fully saturated rings. The van der Waals surface area contributed by atoms with Gasteiger partial charge in [-0.25, -0.2) is 0 Å². The van der Waals surface area contributed by atoms with Gasteiger partial charge in [-0.2, -0.15) is 0 Å². The maximum absolute atomic E-state index is 13.8. The quantitative estimate of drug-likeness (QED) is 0.257. The van der Waals surface area contributed by atoms with Crippen molar-refractivity contribution >= 4 is 25.6 Å². The summed E-state index contributed by atoms with van der Waals surface area (Å²) in [5, 5.41) is 3.81. The van der Waals surface area contributed by atoms with E-state index in [1.807, 2.05) is 11.8 Å². The Morgan fingerprint density at radius 1 is 1.31 bits per heavy atom. The first-order valence-corrected chi connectivity index (χ1v) is 15.1. The van der Waals surface area contributed by atoms with E-state index in [2.05, 4.69) is 65.7 Å². The van der Waals surface area contributed by atoms with Crippen molar-refractivity contribution in [1.29, 1.82) is 0 Å². The standard InChI is InChI=1S/C23H40OSSi/c1-9-11-12-25-16-18-13-20-22(4,5)14-17(3)23(20,21(18)24)15-19(10-2)26(6,7)8/h10,16-17,20H,9,11-15H2,1-8H3/b18-16+,19-10+/t17-,20+,23-/m1/s1. The largest absolute Gasteiger partial charge is 0.294 e. The van der Waals surface area contributed by atoms with Crippen molar-refractivity contribution in [2.75, 3.05) is 5.75 Å². The molecule has 3 atom stereocenters. The molecule has 1 nitrogen and oxygen atoms in total. The van der Waals surface area contributed by atoms with Crippen LogP contribution in [0.4, 0.5) is 0 Å². The molecule has 0 aromatic carbocycles. The molecule has 26 heavy (non-hydrogen) atoms. The van der Waals surface area contributed by atoms with Crippen molar-refractivity contribution in [2.24, 2.45) is 22.7 Å². The number of unbranched alkanes of at least 4 members (excludes halogenated alkanes) is 1. The molecular formula is C23H40OSSi. The van der Waals surface area contributed by atoms with E-state index in [-0.39, 0.29) is 10.8 Å². The van der Waals surface area contributed by atoms with Crippen LogP contribution in [0.15, 0.2) is 22.3 Å². The molecule has 2 rings (SSSR count). The normalized spacial score (nSPS) is 33.2. The van der Waals surface area contributed by atoms with Gasteiger partial charge in [0.1, 0.15) is 0 Å². The predicted octanol–water partition coefficient (Wildman–Crippen LogP) is 7.26. The van der Waals surface area contributed by atoms with Crippen molar-refractivity contribution in [1.82, 2.24) is 0 Å². The molecule has 0 aliphatic heterocycles. The Bertz CT molecular complexity index is 596. The molecule has 148 valence electrons. The van der Waals surface area contributed by atoms with Crippen LogP contribution in [-0.2, 0) is 4.79 Å². The fourth-order valence-corrected chi connectivity index (χ4v) is 8.25. The number of allylic oxidation sites excluding steroid dienone is 3. The summed E-state index contributed by atoms with van der Waals surface area (Å²) < 4.78 is 0. The lowest BCUT2D eigenvalue weighted by Crippen LogP contribution is -2.40. The van der Waals surface area contributed by atoms with Gasteiger partial charge >= 0.3 is 0 Å². The summed E-state index contributed by atoms with van der Waals surface area (Å²) in [7, 11) is -1.40. The number of carbonyl (C=O) groups is 1. The van der Waals surface area contributed by atoms with Gasteiger partial charge in [-0.05, 0) is 61.0 Å². The number of thioether (sulfide) groups is 1. The highest BCUT2D eigenvalue weighted by Gasteiger charge is 2.64. The van der Waals surface area contributed by atoms with Crippen LogP contribution in [0.25, 0.3) is 0 Å². The van der Waals surface area contributed by atoms with Gasteiger partial charge in [0.05, 0.1) is 8.07 Å². The summed E-state index contributed by atoms with van der Waals surface area (Å²) in [6, 6.07) is 0. The van der Waals surface area contributed by atoms with Crippen LogP contribution in [0.2, 0.25) is 19.6 Å². The van der Waals surface area contributed by atoms with E-state index in [9.17, 15) is 4.79 Å². The summed E-state index contributed by atoms with van der Waals surface area (Å²) in [4.78, 5) is 13.8. The summed E-state index contributed by atoms with van der Waals surface area (Å²) in [6.07, 6.45) is 7.98. The topological polar surface area (TPSA) is 17.1 Å². The smallest absolute Gasteiger partial charge is 0.166 e. The fraction of sp³-hybridized carbons (Fsp3) is 0.783. The van der Waals surface area contributed by atoms with Crippen LogP contribution in [-0.4, -0.2) is 19.6 Å². The lowest BCUT2D eigenvalue weighted by Gasteiger charge is -2.38. The minimum Gasteiger partial charge on any atom is -0.294 e. The molecule has 3 heteroatoms. The van der Waals surface area contributed by atoms with Crippen molar-refractivity contribution in [3.8, 4) is 0 Å². The number of Topliss-reactive ketones (excluding diaryl/α,β-unsaturated/α-hetero) is 1. The first-order chi connectivity index (χ1) is 12.0. The van der Waals surface area contributed by atoms with E-state index in [1.54, 1.807) is 5.20 Å². The fourth-order valence-electron chi connectivity index (χ4n) is 5.59. The molecule has 0 amide bonds. The van der Waals surface area contributed by atoms with Crippen LogP contribution in [0.3, 0.4) is 0 Å². The minimum absolute atomic E-state index is 0.150. The van der Waals surface area contributed by atoms with Crippen molar-refractivity contribution in [3.05, 3.63) is 22.3 Å². The zero-order chi connectivity index (χ0) is 19.8. The van der Waals surface area contributed by atoms with E-state index >= 15 is 0 Å². The van der Waals surface area contributed by atoms with Gasteiger partial charge in [-0.15, -0.1) is 11.8 Å². The highest BCUT2D eigenvalue weighted by atomic mass is 32.2. The van der Waals surface area contributed by atoms with Gasteiger partial charge < -0.3 is 0 Å². The van der Waals surface area contributed by atoms with E-state index in [0.717, 1.165) is 24.2 Å². The zero-order valence-corrected chi connectivity index (χ0v) is 20.2.